The summed E-state index contributed by atoms with van der Waals surface area (Å²) >= 11 is 1.80. The zero-order chi connectivity index (χ0) is 13.7. The van der Waals surface area contributed by atoms with Crippen molar-refractivity contribution in [1.29, 1.82) is 0 Å². The largest absolute Gasteiger partial charge is 0.329 e. The summed E-state index contributed by atoms with van der Waals surface area (Å²) in [5.41, 5.74) is 8.62. The van der Waals surface area contributed by atoms with Gasteiger partial charge in [0.15, 0.2) is 0 Å². The van der Waals surface area contributed by atoms with E-state index in [9.17, 15) is 0 Å². The maximum Gasteiger partial charge on any atom is 0.0564 e. The summed E-state index contributed by atoms with van der Waals surface area (Å²) in [7, 11) is 2.15. The number of aromatic nitrogens is 1. The van der Waals surface area contributed by atoms with Crippen LogP contribution in [0.1, 0.15) is 22.0 Å². The first-order valence-corrected chi connectivity index (χ1v) is 7.43. The summed E-state index contributed by atoms with van der Waals surface area (Å²) in [5, 5.41) is 2.14. The molecule has 0 aromatic carbocycles. The standard InChI is InChI=1S/C15H21N3S/c1-12-6-10-19-15(12)14(11-16)18(2)9-5-13-3-7-17-8-4-13/h3-4,6-8,10,14H,5,9,11,16H2,1-2H3. The molecule has 0 aliphatic heterocycles. The quantitative estimate of drug-likeness (QED) is 0.881. The Labute approximate surface area is 119 Å². The first-order chi connectivity index (χ1) is 9.22. The zero-order valence-corrected chi connectivity index (χ0v) is 12.4. The number of nitrogens with two attached hydrogens (primary N) is 1. The molecule has 2 aromatic heterocycles. The molecule has 4 heteroatoms. The predicted octanol–water partition coefficient (Wildman–Crippen LogP) is 2.63. The summed E-state index contributed by atoms with van der Waals surface area (Å²) in [5.74, 6) is 0. The number of aryl methyl sites for hydroxylation is 1. The minimum atomic E-state index is 0.321. The third kappa shape index (κ3) is 3.62. The van der Waals surface area contributed by atoms with E-state index in [4.69, 9.17) is 5.73 Å². The first kappa shape index (κ1) is 14.2. The highest BCUT2D eigenvalue weighted by Crippen LogP contribution is 2.27. The van der Waals surface area contributed by atoms with Gasteiger partial charge in [-0.3, -0.25) is 9.88 Å². The molecule has 0 bridgehead atoms. The molecule has 0 amide bonds. The molecule has 19 heavy (non-hydrogen) atoms. The molecule has 0 aliphatic carbocycles. The Bertz CT molecular complexity index is 495. The lowest BCUT2D eigenvalue weighted by atomic mass is 10.1. The molecule has 2 heterocycles. The Morgan fingerprint density at radius 2 is 2.05 bits per heavy atom. The van der Waals surface area contributed by atoms with Crippen LogP contribution in [0.2, 0.25) is 0 Å². The van der Waals surface area contributed by atoms with Gasteiger partial charge >= 0.3 is 0 Å². The van der Waals surface area contributed by atoms with Crippen molar-refractivity contribution in [2.75, 3.05) is 20.1 Å². The number of hydrogen-bond acceptors (Lipinski definition) is 4. The van der Waals surface area contributed by atoms with Crippen molar-refractivity contribution in [3.05, 3.63) is 52.0 Å². The van der Waals surface area contributed by atoms with Crippen LogP contribution in [0.25, 0.3) is 0 Å². The molecule has 2 rings (SSSR count). The van der Waals surface area contributed by atoms with E-state index in [1.165, 1.54) is 16.0 Å². The molecule has 0 saturated carbocycles. The third-order valence-electron chi connectivity index (χ3n) is 3.46. The maximum absolute atomic E-state index is 5.96. The average molecular weight is 275 g/mol. The summed E-state index contributed by atoms with van der Waals surface area (Å²) < 4.78 is 0. The minimum Gasteiger partial charge on any atom is -0.329 e. The van der Waals surface area contributed by atoms with E-state index in [0.717, 1.165) is 13.0 Å². The Morgan fingerprint density at radius 3 is 2.63 bits per heavy atom. The Balaban J connectivity index is 1.98. The third-order valence-corrected chi connectivity index (χ3v) is 4.58. The molecular weight excluding hydrogens is 254 g/mol. The predicted molar refractivity (Wildman–Crippen MR) is 81.4 cm³/mol. The average Bonchev–Trinajstić information content (AvgIpc) is 2.85. The second-order valence-electron chi connectivity index (χ2n) is 4.81. The van der Waals surface area contributed by atoms with Gasteiger partial charge in [-0.15, -0.1) is 11.3 Å². The molecule has 0 saturated heterocycles. The lowest BCUT2D eigenvalue weighted by Gasteiger charge is -2.26. The van der Waals surface area contributed by atoms with Crippen molar-refractivity contribution in [1.82, 2.24) is 9.88 Å². The molecule has 0 radical (unpaired) electrons. The lowest BCUT2D eigenvalue weighted by molar-refractivity contribution is 0.256. The molecule has 3 nitrogen and oxygen atoms in total. The second kappa shape index (κ2) is 6.80. The molecule has 102 valence electrons. The van der Waals surface area contributed by atoms with Crippen LogP contribution >= 0.6 is 11.3 Å². The van der Waals surface area contributed by atoms with Gasteiger partial charge in [0.1, 0.15) is 0 Å². The van der Waals surface area contributed by atoms with E-state index in [1.54, 1.807) is 11.3 Å². The Kier molecular flexibility index (Phi) is 5.07. The normalized spacial score (nSPS) is 12.8. The monoisotopic (exact) mass is 275 g/mol. The van der Waals surface area contributed by atoms with E-state index >= 15 is 0 Å². The molecule has 0 fully saturated rings. The lowest BCUT2D eigenvalue weighted by Crippen LogP contribution is -2.32. The van der Waals surface area contributed by atoms with E-state index in [0.29, 0.717) is 12.6 Å². The van der Waals surface area contributed by atoms with E-state index < -0.39 is 0 Å². The molecule has 1 atom stereocenters. The summed E-state index contributed by atoms with van der Waals surface area (Å²) in [6, 6.07) is 6.63. The van der Waals surface area contributed by atoms with Crippen molar-refractivity contribution in [3.8, 4) is 0 Å². The second-order valence-corrected chi connectivity index (χ2v) is 5.75. The van der Waals surface area contributed by atoms with E-state index in [2.05, 4.69) is 47.4 Å². The zero-order valence-electron chi connectivity index (χ0n) is 11.5. The van der Waals surface area contributed by atoms with Crippen LogP contribution in [-0.2, 0) is 6.42 Å². The first-order valence-electron chi connectivity index (χ1n) is 6.55. The minimum absolute atomic E-state index is 0.321. The van der Waals surface area contributed by atoms with Crippen molar-refractivity contribution in [2.45, 2.75) is 19.4 Å². The van der Waals surface area contributed by atoms with Crippen molar-refractivity contribution >= 4 is 11.3 Å². The molecule has 1 unspecified atom stereocenters. The highest BCUT2D eigenvalue weighted by Gasteiger charge is 2.18. The van der Waals surface area contributed by atoms with Gasteiger partial charge < -0.3 is 5.73 Å². The van der Waals surface area contributed by atoms with Gasteiger partial charge in [-0.1, -0.05) is 0 Å². The number of thiophene rings is 1. The number of likely N-dealkylation sites (N-methyl/N-ethyl adjacent to an activating group) is 1. The van der Waals surface area contributed by atoms with Crippen LogP contribution in [0.5, 0.6) is 0 Å². The number of pyridine rings is 1. The molecule has 2 N–H and O–H groups in total. The smallest absolute Gasteiger partial charge is 0.0564 e. The number of rotatable bonds is 6. The molecule has 2 aromatic rings. The van der Waals surface area contributed by atoms with Crippen LogP contribution in [0.4, 0.5) is 0 Å². The van der Waals surface area contributed by atoms with Gasteiger partial charge in [0.25, 0.3) is 0 Å². The highest BCUT2D eigenvalue weighted by molar-refractivity contribution is 7.10. The fourth-order valence-corrected chi connectivity index (χ4v) is 3.33. The van der Waals surface area contributed by atoms with Crippen LogP contribution < -0.4 is 5.73 Å². The number of hydrogen-bond donors (Lipinski definition) is 1. The van der Waals surface area contributed by atoms with Crippen molar-refractivity contribution in [3.63, 3.8) is 0 Å². The summed E-state index contributed by atoms with van der Waals surface area (Å²) in [6.45, 7) is 3.82. The molecule has 0 spiro atoms. The molecule has 0 aliphatic rings. The van der Waals surface area contributed by atoms with Gasteiger partial charge in [0.2, 0.25) is 0 Å². The van der Waals surface area contributed by atoms with Crippen molar-refractivity contribution < 1.29 is 0 Å². The van der Waals surface area contributed by atoms with E-state index in [1.807, 2.05) is 12.4 Å². The maximum atomic E-state index is 5.96. The van der Waals surface area contributed by atoms with E-state index in [-0.39, 0.29) is 0 Å². The van der Waals surface area contributed by atoms with Crippen LogP contribution in [0, 0.1) is 6.92 Å². The highest BCUT2D eigenvalue weighted by atomic mass is 32.1. The van der Waals surface area contributed by atoms with Crippen molar-refractivity contribution in [2.24, 2.45) is 5.73 Å². The fourth-order valence-electron chi connectivity index (χ4n) is 2.22. The van der Waals surface area contributed by atoms with Crippen LogP contribution in [0.15, 0.2) is 36.0 Å². The van der Waals surface area contributed by atoms with Gasteiger partial charge in [-0.2, -0.15) is 0 Å². The summed E-state index contributed by atoms with van der Waals surface area (Å²) in [6.07, 6.45) is 4.72. The SMILES string of the molecule is Cc1ccsc1C(CN)N(C)CCc1ccncc1. The van der Waals surface area contributed by atoms with Gasteiger partial charge in [0.05, 0.1) is 6.04 Å². The van der Waals surface area contributed by atoms with Gasteiger partial charge in [-0.25, -0.2) is 0 Å². The Morgan fingerprint density at radius 1 is 1.32 bits per heavy atom. The Hall–Kier alpha value is -1.23. The fraction of sp³-hybridized carbons (Fsp3) is 0.400. The van der Waals surface area contributed by atoms with Crippen LogP contribution in [-0.4, -0.2) is 30.0 Å². The van der Waals surface area contributed by atoms with Crippen LogP contribution in [0.3, 0.4) is 0 Å². The topological polar surface area (TPSA) is 42.1 Å². The number of nitrogens with zero attached hydrogens (tertiary/aromatic N) is 2. The van der Waals surface area contributed by atoms with Gasteiger partial charge in [0, 0.05) is 30.4 Å². The molecular formula is C15H21N3S. The summed E-state index contributed by atoms with van der Waals surface area (Å²) in [4.78, 5) is 7.78. The van der Waals surface area contributed by atoms with Gasteiger partial charge in [-0.05, 0) is 55.1 Å².